The molecule has 2 aromatic carbocycles. The van der Waals surface area contributed by atoms with Gasteiger partial charge in [0.15, 0.2) is 17.3 Å². The Kier molecular flexibility index (Phi) is 5.01. The number of allylic oxidation sites excluding steroid dienone is 4. The average Bonchev–Trinajstić information content (AvgIpc) is 3.11. The highest BCUT2D eigenvalue weighted by Crippen LogP contribution is 2.57. The zero-order valence-electron chi connectivity index (χ0n) is 20.2. The maximum Gasteiger partial charge on any atom is 0.314 e. The van der Waals surface area contributed by atoms with E-state index in [4.69, 9.17) is 4.74 Å². The molecule has 2 aliphatic rings. The number of carbonyl (C=O) groups is 3. The van der Waals surface area contributed by atoms with Gasteiger partial charge in [0, 0.05) is 23.0 Å². The molecule has 0 amide bonds. The summed E-state index contributed by atoms with van der Waals surface area (Å²) in [5, 5.41) is 24.3. The minimum Gasteiger partial charge on any atom is -0.507 e. The molecule has 1 aliphatic heterocycles. The average molecular weight is 503 g/mol. The fourth-order valence-electron chi connectivity index (χ4n) is 4.83. The van der Waals surface area contributed by atoms with Crippen LogP contribution in [0.3, 0.4) is 0 Å². The van der Waals surface area contributed by atoms with Gasteiger partial charge in [-0.15, -0.1) is 0 Å². The summed E-state index contributed by atoms with van der Waals surface area (Å²) >= 11 is 0. The summed E-state index contributed by atoms with van der Waals surface area (Å²) in [6.07, 6.45) is 1.13. The predicted octanol–water partition coefficient (Wildman–Crippen LogP) is 2.21. The normalized spacial score (nSPS) is 19.7. The maximum atomic E-state index is 13.9. The third kappa shape index (κ3) is 3.24. The molecule has 3 aromatic rings. The Morgan fingerprint density at radius 3 is 2.30 bits per heavy atom. The molecule has 11 nitrogen and oxygen atoms in total. The van der Waals surface area contributed by atoms with Gasteiger partial charge >= 0.3 is 11.1 Å². The van der Waals surface area contributed by atoms with Crippen molar-refractivity contribution in [2.75, 3.05) is 5.32 Å². The van der Waals surface area contributed by atoms with Gasteiger partial charge in [0.05, 0.1) is 22.2 Å². The lowest BCUT2D eigenvalue weighted by Crippen LogP contribution is -2.40. The number of aromatic hydroxyl groups is 2. The Bertz CT molecular complexity index is 1790. The number of ether oxygens (including phenoxy) is 1. The van der Waals surface area contributed by atoms with Crippen molar-refractivity contribution in [1.82, 2.24) is 9.97 Å². The van der Waals surface area contributed by atoms with Crippen LogP contribution < -0.4 is 21.2 Å². The molecule has 1 aliphatic carbocycles. The van der Waals surface area contributed by atoms with Crippen LogP contribution >= 0.6 is 0 Å². The second kappa shape index (κ2) is 7.79. The Labute approximate surface area is 208 Å². The van der Waals surface area contributed by atoms with Crippen molar-refractivity contribution >= 4 is 34.1 Å². The molecule has 5 rings (SSSR count). The van der Waals surface area contributed by atoms with E-state index in [-0.39, 0.29) is 39.5 Å². The lowest BCUT2D eigenvalue weighted by molar-refractivity contribution is -0.123. The summed E-state index contributed by atoms with van der Waals surface area (Å²) in [6, 6.07) is 4.67. The number of ketones is 3. The number of Topliss-reactive ketones (excluding diaryl/α,β-unsaturated/α-hetero) is 2. The molecule has 0 fully saturated rings. The van der Waals surface area contributed by atoms with Gasteiger partial charge in [0.25, 0.3) is 0 Å². The Hall–Kier alpha value is -4.93. The van der Waals surface area contributed by atoms with Gasteiger partial charge in [-0.2, -0.15) is 0 Å². The van der Waals surface area contributed by atoms with E-state index in [1.54, 1.807) is 12.1 Å². The highest BCUT2D eigenvalue weighted by molar-refractivity contribution is 6.31. The molecular formula is C26H21N3O8. The second-order valence-electron chi connectivity index (χ2n) is 9.18. The van der Waals surface area contributed by atoms with Crippen LogP contribution in [0.1, 0.15) is 42.3 Å². The van der Waals surface area contributed by atoms with E-state index in [1.807, 2.05) is 0 Å². The second-order valence-corrected chi connectivity index (χ2v) is 9.18. The van der Waals surface area contributed by atoms with E-state index < -0.39 is 45.4 Å². The first-order valence-corrected chi connectivity index (χ1v) is 11.2. The Balaban J connectivity index is 1.64. The van der Waals surface area contributed by atoms with Gasteiger partial charge in [-0.1, -0.05) is 0 Å². The first kappa shape index (κ1) is 23.8. The van der Waals surface area contributed by atoms with Crippen molar-refractivity contribution in [3.05, 3.63) is 78.7 Å². The molecule has 2 heterocycles. The third-order valence-corrected chi connectivity index (χ3v) is 6.81. The number of hydrogen-bond donors (Lipinski definition) is 5. The topological polar surface area (TPSA) is 179 Å². The molecule has 0 unspecified atom stereocenters. The highest BCUT2D eigenvalue weighted by Gasteiger charge is 2.56. The smallest absolute Gasteiger partial charge is 0.314 e. The molecule has 0 saturated heterocycles. The van der Waals surface area contributed by atoms with Gasteiger partial charge < -0.3 is 30.2 Å². The van der Waals surface area contributed by atoms with E-state index in [9.17, 15) is 34.2 Å². The molecule has 0 spiro atoms. The summed E-state index contributed by atoms with van der Waals surface area (Å²) in [5.41, 5.74) is -2.32. The fraction of sp³-hybridized carbons (Fsp3) is 0.192. The predicted molar refractivity (Wildman–Crippen MR) is 132 cm³/mol. The van der Waals surface area contributed by atoms with Gasteiger partial charge in [-0.25, -0.2) is 0 Å². The number of fused-ring (bicyclic) bond motifs is 4. The number of anilines is 1. The summed E-state index contributed by atoms with van der Waals surface area (Å²) in [5.74, 6) is -2.97. The lowest BCUT2D eigenvalue weighted by atomic mass is 9.70. The van der Waals surface area contributed by atoms with Crippen molar-refractivity contribution < 1.29 is 29.3 Å². The van der Waals surface area contributed by atoms with Crippen LogP contribution in [-0.4, -0.2) is 37.5 Å². The quantitative estimate of drug-likeness (QED) is 0.155. The van der Waals surface area contributed by atoms with Crippen LogP contribution in [0.5, 0.6) is 17.2 Å². The van der Waals surface area contributed by atoms with Crippen molar-refractivity contribution in [3.8, 4) is 17.2 Å². The third-order valence-electron chi connectivity index (χ3n) is 6.81. The number of H-pyrrole nitrogens is 2. The molecule has 5 N–H and O–H groups in total. The number of phenols is 2. The van der Waals surface area contributed by atoms with Crippen LogP contribution in [0.15, 0.2) is 50.9 Å². The van der Waals surface area contributed by atoms with E-state index >= 15 is 0 Å². The summed E-state index contributed by atoms with van der Waals surface area (Å²) in [6.45, 7) is 5.62. The number of nitrogens with one attached hydrogen (secondary N) is 3. The van der Waals surface area contributed by atoms with Crippen LogP contribution in [0.25, 0.3) is 11.0 Å². The van der Waals surface area contributed by atoms with Crippen molar-refractivity contribution in [2.24, 2.45) is 0 Å². The molecule has 0 saturated carbocycles. The number of carbonyl (C=O) groups excluding carboxylic acids is 3. The monoisotopic (exact) mass is 503 g/mol. The lowest BCUT2D eigenvalue weighted by Gasteiger charge is -2.29. The molecule has 1 atom stereocenters. The van der Waals surface area contributed by atoms with Gasteiger partial charge in [0.1, 0.15) is 34.0 Å². The largest absolute Gasteiger partial charge is 0.507 e. The van der Waals surface area contributed by atoms with E-state index in [1.165, 1.54) is 33.8 Å². The van der Waals surface area contributed by atoms with E-state index in [2.05, 4.69) is 15.3 Å². The first-order valence-electron chi connectivity index (χ1n) is 11.2. The number of rotatable bonds is 3. The summed E-state index contributed by atoms with van der Waals surface area (Å²) < 4.78 is 5.75. The molecule has 188 valence electrons. The number of aromatic nitrogens is 2. The minimum atomic E-state index is -1.64. The number of aromatic amines is 2. The van der Waals surface area contributed by atoms with Crippen LogP contribution in [0, 0.1) is 6.92 Å². The Morgan fingerprint density at radius 1 is 1.00 bits per heavy atom. The van der Waals surface area contributed by atoms with Crippen molar-refractivity contribution in [2.45, 2.75) is 33.1 Å². The van der Waals surface area contributed by atoms with Gasteiger partial charge in [0.2, 0.25) is 0 Å². The van der Waals surface area contributed by atoms with E-state index in [0.29, 0.717) is 16.7 Å². The summed E-state index contributed by atoms with van der Waals surface area (Å²) in [4.78, 5) is 67.4. The Morgan fingerprint density at radius 2 is 1.65 bits per heavy atom. The molecule has 37 heavy (non-hydrogen) atoms. The van der Waals surface area contributed by atoms with Crippen molar-refractivity contribution in [1.29, 1.82) is 0 Å². The molecule has 1 aromatic heterocycles. The van der Waals surface area contributed by atoms with Crippen LogP contribution in [-0.2, 0) is 15.0 Å². The molecule has 0 radical (unpaired) electrons. The van der Waals surface area contributed by atoms with Crippen LogP contribution in [0.4, 0.5) is 5.69 Å². The maximum absolute atomic E-state index is 13.9. The number of benzene rings is 2. The molecule has 11 heteroatoms. The van der Waals surface area contributed by atoms with Gasteiger partial charge in [-0.3, -0.25) is 24.0 Å². The molecule has 0 bridgehead atoms. The highest BCUT2D eigenvalue weighted by atomic mass is 16.5. The number of phenolic OH excluding ortho intramolecular Hbond substituents is 2. The van der Waals surface area contributed by atoms with E-state index in [0.717, 1.165) is 6.08 Å². The zero-order valence-corrected chi connectivity index (χ0v) is 20.2. The fourth-order valence-corrected chi connectivity index (χ4v) is 4.83. The summed E-state index contributed by atoms with van der Waals surface area (Å²) in [7, 11) is 0. The van der Waals surface area contributed by atoms with Gasteiger partial charge in [-0.05, 0) is 45.9 Å². The minimum absolute atomic E-state index is 0.00305. The SMILES string of the molecule is CC(=O)c1c(O)c(C)c(O)c2c1OC1=CC(=O)C(=C(C)Nc3ccc4[nH]c(=O)c(=O)[nH]c4c3)C(=O)[C@@]12C. The van der Waals surface area contributed by atoms with Crippen LogP contribution in [0.2, 0.25) is 0 Å². The zero-order chi connectivity index (χ0) is 27.0. The van der Waals surface area contributed by atoms with Crippen molar-refractivity contribution in [3.63, 3.8) is 0 Å². The standard InChI is InChI=1S/C26H21N3O8/c1-9-20(32)18(11(3)30)22-19(21(9)33)26(4)16(37-22)8-15(31)17(23(26)34)10(2)27-12-5-6-13-14(7-12)29-25(36)24(35)28-13/h5-8,27,32-33H,1-4H3,(H,28,35)(H,29,36)/t26-/m0/s1. The first-order chi connectivity index (χ1) is 17.4. The molecular weight excluding hydrogens is 482 g/mol. The number of hydrogen-bond acceptors (Lipinski definition) is 9.